The van der Waals surface area contributed by atoms with Gasteiger partial charge in [0.25, 0.3) is 0 Å². The first-order valence-electron chi connectivity index (χ1n) is 10.2. The fourth-order valence-electron chi connectivity index (χ4n) is 2.50. The van der Waals surface area contributed by atoms with E-state index in [9.17, 15) is 9.59 Å². The van der Waals surface area contributed by atoms with Crippen LogP contribution in [0.2, 0.25) is 0 Å². The molecule has 0 saturated heterocycles. The molecular weight excluding hydrogens is 318 g/mol. The molecule has 0 aliphatic carbocycles. The number of amides is 1. The predicted octanol–water partition coefficient (Wildman–Crippen LogP) is 5.32. The first kappa shape index (κ1) is 23.7. The van der Waals surface area contributed by atoms with Crippen molar-refractivity contribution in [2.75, 3.05) is 26.3 Å². The normalized spacial score (nSPS) is 10.5. The maximum atomic E-state index is 11.8. The van der Waals surface area contributed by atoms with E-state index >= 15 is 0 Å². The second kappa shape index (κ2) is 17.6. The van der Waals surface area contributed by atoms with Crippen LogP contribution in [0.15, 0.2) is 0 Å². The molecule has 5 heteroatoms. The van der Waals surface area contributed by atoms with Gasteiger partial charge in [0.1, 0.15) is 6.54 Å². The van der Waals surface area contributed by atoms with E-state index in [1.54, 1.807) is 0 Å². The summed E-state index contributed by atoms with van der Waals surface area (Å²) in [5, 5.41) is 0. The molecule has 0 N–H and O–H groups in total. The summed E-state index contributed by atoms with van der Waals surface area (Å²) in [6, 6.07) is 0. The lowest BCUT2D eigenvalue weighted by atomic mass is 10.1. The number of nitrogens with zero attached hydrogens (tertiary/aromatic N) is 1. The summed E-state index contributed by atoms with van der Waals surface area (Å²) in [5.41, 5.74) is 0. The van der Waals surface area contributed by atoms with E-state index in [1.807, 2.05) is 13.8 Å². The van der Waals surface area contributed by atoms with Crippen molar-refractivity contribution in [1.82, 2.24) is 4.90 Å². The number of hydrogen-bond donors (Lipinski definition) is 0. The van der Waals surface area contributed by atoms with Crippen LogP contribution in [0.25, 0.3) is 0 Å². The molecule has 0 aliphatic rings. The summed E-state index contributed by atoms with van der Waals surface area (Å²) in [5.74, 6) is -0.353. The summed E-state index contributed by atoms with van der Waals surface area (Å²) in [4.78, 5) is 25.0. The monoisotopic (exact) mass is 357 g/mol. The zero-order chi connectivity index (χ0) is 18.8. The van der Waals surface area contributed by atoms with Crippen molar-refractivity contribution in [2.24, 2.45) is 0 Å². The molecule has 0 bridgehead atoms. The lowest BCUT2D eigenvalue weighted by Crippen LogP contribution is -2.37. The highest BCUT2D eigenvalue weighted by Gasteiger charge is 2.17. The molecule has 1 amide bonds. The van der Waals surface area contributed by atoms with Crippen LogP contribution in [-0.4, -0.2) is 43.3 Å². The second-order valence-electron chi connectivity index (χ2n) is 6.53. The second-order valence-corrected chi connectivity index (χ2v) is 6.53. The number of unbranched alkanes of at least 4 members (excludes halogenated alkanes) is 9. The van der Waals surface area contributed by atoms with Gasteiger partial charge >= 0.3 is 12.1 Å². The number of ether oxygens (including phenoxy) is 2. The molecule has 0 aromatic heterocycles. The lowest BCUT2D eigenvalue weighted by molar-refractivity contribution is -0.144. The van der Waals surface area contributed by atoms with Crippen LogP contribution in [0.3, 0.4) is 0 Å². The SMILES string of the molecule is CCCCCCCCCCCOC(=O)CN(CC)C(=O)OCCCC. The zero-order valence-corrected chi connectivity index (χ0v) is 16.7. The van der Waals surface area contributed by atoms with Crippen molar-refractivity contribution in [3.05, 3.63) is 0 Å². The Hall–Kier alpha value is -1.26. The van der Waals surface area contributed by atoms with Crippen molar-refractivity contribution in [2.45, 2.75) is 91.4 Å². The molecule has 0 atom stereocenters. The first-order valence-corrected chi connectivity index (χ1v) is 10.2. The molecule has 0 saturated carbocycles. The van der Waals surface area contributed by atoms with Gasteiger partial charge in [0.15, 0.2) is 0 Å². The number of esters is 1. The zero-order valence-electron chi connectivity index (χ0n) is 16.7. The highest BCUT2D eigenvalue weighted by Crippen LogP contribution is 2.09. The topological polar surface area (TPSA) is 55.8 Å². The Labute approximate surface area is 154 Å². The molecule has 0 spiro atoms. The molecule has 148 valence electrons. The Morgan fingerprint density at radius 3 is 1.76 bits per heavy atom. The molecule has 25 heavy (non-hydrogen) atoms. The number of rotatable bonds is 16. The minimum atomic E-state index is -0.434. The van der Waals surface area contributed by atoms with E-state index in [-0.39, 0.29) is 12.5 Å². The van der Waals surface area contributed by atoms with Gasteiger partial charge < -0.3 is 9.47 Å². The first-order chi connectivity index (χ1) is 12.2. The van der Waals surface area contributed by atoms with E-state index in [0.717, 1.165) is 25.7 Å². The van der Waals surface area contributed by atoms with Crippen molar-refractivity contribution >= 4 is 12.1 Å². The third-order valence-electron chi connectivity index (χ3n) is 4.19. The molecule has 0 aromatic rings. The predicted molar refractivity (Wildman–Crippen MR) is 102 cm³/mol. The molecule has 0 fully saturated rings. The largest absolute Gasteiger partial charge is 0.464 e. The lowest BCUT2D eigenvalue weighted by Gasteiger charge is -2.19. The molecule has 0 aromatic carbocycles. The van der Waals surface area contributed by atoms with E-state index in [4.69, 9.17) is 9.47 Å². The van der Waals surface area contributed by atoms with E-state index < -0.39 is 6.09 Å². The van der Waals surface area contributed by atoms with Crippen molar-refractivity contribution in [1.29, 1.82) is 0 Å². The third kappa shape index (κ3) is 14.8. The molecule has 0 radical (unpaired) electrons. The maximum Gasteiger partial charge on any atom is 0.410 e. The fourth-order valence-corrected chi connectivity index (χ4v) is 2.50. The molecule has 5 nitrogen and oxygen atoms in total. The van der Waals surface area contributed by atoms with Crippen LogP contribution < -0.4 is 0 Å². The van der Waals surface area contributed by atoms with Crippen LogP contribution in [0, 0.1) is 0 Å². The van der Waals surface area contributed by atoms with Gasteiger partial charge in [-0.15, -0.1) is 0 Å². The highest BCUT2D eigenvalue weighted by atomic mass is 16.6. The van der Waals surface area contributed by atoms with Crippen molar-refractivity contribution < 1.29 is 19.1 Å². The number of likely N-dealkylation sites (N-methyl/N-ethyl adjacent to an activating group) is 1. The van der Waals surface area contributed by atoms with Gasteiger partial charge in [0.2, 0.25) is 0 Å². The number of carbonyl (C=O) groups excluding carboxylic acids is 2. The van der Waals surface area contributed by atoms with Gasteiger partial charge in [-0.1, -0.05) is 71.6 Å². The van der Waals surface area contributed by atoms with Crippen LogP contribution in [0.1, 0.15) is 91.4 Å². The molecular formula is C20H39NO4. The summed E-state index contributed by atoms with van der Waals surface area (Å²) < 4.78 is 10.3. The van der Waals surface area contributed by atoms with Crippen LogP contribution in [0.5, 0.6) is 0 Å². The van der Waals surface area contributed by atoms with Crippen LogP contribution in [-0.2, 0) is 14.3 Å². The highest BCUT2D eigenvalue weighted by molar-refractivity contribution is 5.78. The average Bonchev–Trinajstić information content (AvgIpc) is 2.61. The van der Waals surface area contributed by atoms with Gasteiger partial charge in [-0.05, 0) is 19.8 Å². The Morgan fingerprint density at radius 2 is 1.20 bits per heavy atom. The summed E-state index contributed by atoms with van der Waals surface area (Å²) >= 11 is 0. The Balaban J connectivity index is 3.62. The Kier molecular flexibility index (Phi) is 16.7. The van der Waals surface area contributed by atoms with E-state index in [2.05, 4.69) is 6.92 Å². The van der Waals surface area contributed by atoms with Gasteiger partial charge in [-0.3, -0.25) is 9.69 Å². The molecule has 0 unspecified atom stereocenters. The van der Waals surface area contributed by atoms with Gasteiger partial charge in [-0.2, -0.15) is 0 Å². The van der Waals surface area contributed by atoms with Gasteiger partial charge in [0.05, 0.1) is 13.2 Å². The van der Waals surface area contributed by atoms with E-state index in [1.165, 1.54) is 49.8 Å². The molecule has 0 heterocycles. The minimum absolute atomic E-state index is 0.0289. The Morgan fingerprint density at radius 1 is 0.680 bits per heavy atom. The van der Waals surface area contributed by atoms with Crippen LogP contribution in [0.4, 0.5) is 4.79 Å². The summed E-state index contributed by atoms with van der Waals surface area (Å²) in [6.07, 6.45) is 12.5. The standard InChI is InChI=1S/C20H39NO4/c1-4-7-9-10-11-12-13-14-15-17-24-19(22)18-21(6-3)20(23)25-16-8-5-2/h4-18H2,1-3H3. The quantitative estimate of drug-likeness (QED) is 0.277. The molecule has 0 aliphatic heterocycles. The maximum absolute atomic E-state index is 11.8. The fraction of sp³-hybridized carbons (Fsp3) is 0.900. The third-order valence-corrected chi connectivity index (χ3v) is 4.19. The summed E-state index contributed by atoms with van der Waals surface area (Å²) in [6.45, 7) is 7.36. The minimum Gasteiger partial charge on any atom is -0.464 e. The van der Waals surface area contributed by atoms with Crippen molar-refractivity contribution in [3.63, 3.8) is 0 Å². The van der Waals surface area contributed by atoms with Crippen molar-refractivity contribution in [3.8, 4) is 0 Å². The van der Waals surface area contributed by atoms with E-state index in [0.29, 0.717) is 19.8 Å². The number of hydrogen-bond acceptors (Lipinski definition) is 4. The number of carbonyl (C=O) groups is 2. The summed E-state index contributed by atoms with van der Waals surface area (Å²) in [7, 11) is 0. The Bertz CT molecular complexity index is 334. The van der Waals surface area contributed by atoms with Gasteiger partial charge in [-0.25, -0.2) is 4.79 Å². The van der Waals surface area contributed by atoms with Crippen LogP contribution >= 0.6 is 0 Å². The smallest absolute Gasteiger partial charge is 0.410 e. The average molecular weight is 358 g/mol. The van der Waals surface area contributed by atoms with Gasteiger partial charge in [0, 0.05) is 6.54 Å². The molecule has 0 rings (SSSR count).